The first-order chi connectivity index (χ1) is 7.71. The predicted octanol–water partition coefficient (Wildman–Crippen LogP) is 2.23. The van der Waals surface area contributed by atoms with E-state index in [-0.39, 0.29) is 5.54 Å². The first-order valence-corrected chi connectivity index (χ1v) is 5.74. The fourth-order valence-corrected chi connectivity index (χ4v) is 2.76. The Morgan fingerprint density at radius 1 is 1.62 bits per heavy atom. The van der Waals surface area contributed by atoms with E-state index in [1.54, 1.807) is 12.4 Å². The summed E-state index contributed by atoms with van der Waals surface area (Å²) in [6, 6.07) is 1.99. The van der Waals surface area contributed by atoms with Gasteiger partial charge in [-0.3, -0.25) is 4.98 Å². The molecule has 3 rings (SSSR count). The number of rotatable bonds is 1. The minimum atomic E-state index is -0.0311. The number of aromatic nitrogens is 3. The van der Waals surface area contributed by atoms with Gasteiger partial charge in [0.05, 0.1) is 29.4 Å². The Morgan fingerprint density at radius 3 is 3.25 bits per heavy atom. The normalized spacial score (nSPS) is 25.3. The standard InChI is InChI=1S/C11H13N3OS/c1-11(3-5-15-7-11)14-9-2-4-12-6-8(9)13-10(14)16/h2,4,6H,3,5,7H2,1H3,(H,13,16). The number of nitrogens with zero attached hydrogens (tertiary/aromatic N) is 2. The molecule has 0 spiro atoms. The molecular weight excluding hydrogens is 222 g/mol. The van der Waals surface area contributed by atoms with Crippen molar-refractivity contribution < 1.29 is 4.74 Å². The maximum absolute atomic E-state index is 5.49. The molecule has 1 unspecified atom stereocenters. The first-order valence-electron chi connectivity index (χ1n) is 5.34. The van der Waals surface area contributed by atoms with Gasteiger partial charge in [0.25, 0.3) is 0 Å². The monoisotopic (exact) mass is 235 g/mol. The minimum Gasteiger partial charge on any atom is -0.379 e. The van der Waals surface area contributed by atoms with Crippen LogP contribution in [0, 0.1) is 4.77 Å². The van der Waals surface area contributed by atoms with Gasteiger partial charge in [0.1, 0.15) is 0 Å². The third-order valence-electron chi connectivity index (χ3n) is 3.22. The van der Waals surface area contributed by atoms with Gasteiger partial charge in [-0.25, -0.2) is 0 Å². The molecule has 5 heteroatoms. The molecule has 0 bridgehead atoms. The molecule has 1 atom stereocenters. The Hall–Kier alpha value is -1.20. The van der Waals surface area contributed by atoms with E-state index in [0.717, 1.165) is 35.4 Å². The summed E-state index contributed by atoms with van der Waals surface area (Å²) in [7, 11) is 0. The summed E-state index contributed by atoms with van der Waals surface area (Å²) in [5, 5.41) is 0. The van der Waals surface area contributed by atoms with Crippen molar-refractivity contribution in [2.45, 2.75) is 18.9 Å². The van der Waals surface area contributed by atoms with Gasteiger partial charge in [-0.05, 0) is 31.6 Å². The number of imidazole rings is 1. The number of aromatic amines is 1. The van der Waals surface area contributed by atoms with Crippen LogP contribution >= 0.6 is 12.2 Å². The van der Waals surface area contributed by atoms with Crippen LogP contribution in [-0.4, -0.2) is 27.7 Å². The minimum absolute atomic E-state index is 0.0311. The third kappa shape index (κ3) is 1.32. The van der Waals surface area contributed by atoms with Crippen molar-refractivity contribution in [3.8, 4) is 0 Å². The number of fused-ring (bicyclic) bond motifs is 1. The zero-order valence-corrected chi connectivity index (χ0v) is 9.88. The van der Waals surface area contributed by atoms with Crippen LogP contribution in [0.2, 0.25) is 0 Å². The summed E-state index contributed by atoms with van der Waals surface area (Å²) in [5.74, 6) is 0. The van der Waals surface area contributed by atoms with Crippen LogP contribution in [0.15, 0.2) is 18.5 Å². The molecule has 1 saturated heterocycles. The molecule has 2 aromatic rings. The molecule has 16 heavy (non-hydrogen) atoms. The van der Waals surface area contributed by atoms with E-state index in [9.17, 15) is 0 Å². The van der Waals surface area contributed by atoms with Gasteiger partial charge in [0, 0.05) is 12.8 Å². The molecule has 2 aromatic heterocycles. The third-order valence-corrected chi connectivity index (χ3v) is 3.51. The van der Waals surface area contributed by atoms with Crippen LogP contribution < -0.4 is 0 Å². The van der Waals surface area contributed by atoms with Gasteiger partial charge >= 0.3 is 0 Å². The second-order valence-corrected chi connectivity index (χ2v) is 4.84. The topological polar surface area (TPSA) is 42.8 Å². The van der Waals surface area contributed by atoms with Crippen molar-refractivity contribution in [3.05, 3.63) is 23.2 Å². The molecule has 0 amide bonds. The smallest absolute Gasteiger partial charge is 0.178 e. The fraction of sp³-hybridized carbons (Fsp3) is 0.455. The van der Waals surface area contributed by atoms with E-state index in [2.05, 4.69) is 21.5 Å². The lowest BCUT2D eigenvalue weighted by Crippen LogP contribution is -2.30. The van der Waals surface area contributed by atoms with Gasteiger partial charge < -0.3 is 14.3 Å². The van der Waals surface area contributed by atoms with E-state index >= 15 is 0 Å². The molecular formula is C11H13N3OS. The van der Waals surface area contributed by atoms with Crippen molar-refractivity contribution in [1.29, 1.82) is 0 Å². The maximum atomic E-state index is 5.49. The molecule has 4 nitrogen and oxygen atoms in total. The summed E-state index contributed by atoms with van der Waals surface area (Å²) >= 11 is 5.39. The Bertz CT molecular complexity index is 580. The Balaban J connectivity index is 2.30. The Kier molecular flexibility index (Phi) is 2.12. The van der Waals surface area contributed by atoms with Crippen LogP contribution in [0.1, 0.15) is 13.3 Å². The highest BCUT2D eigenvalue weighted by Crippen LogP contribution is 2.30. The average molecular weight is 235 g/mol. The van der Waals surface area contributed by atoms with Gasteiger partial charge in [-0.2, -0.15) is 0 Å². The number of nitrogens with one attached hydrogen (secondary N) is 1. The SMILES string of the molecule is CC1(n2c(=S)[nH]c3cnccc32)CCOC1. The zero-order valence-electron chi connectivity index (χ0n) is 9.06. The Morgan fingerprint density at radius 2 is 2.50 bits per heavy atom. The zero-order chi connectivity index (χ0) is 11.2. The molecule has 1 aliphatic rings. The number of hydrogen-bond acceptors (Lipinski definition) is 3. The molecule has 0 saturated carbocycles. The highest BCUT2D eigenvalue weighted by atomic mass is 32.1. The van der Waals surface area contributed by atoms with E-state index in [1.807, 2.05) is 6.07 Å². The van der Waals surface area contributed by atoms with Gasteiger partial charge in [-0.15, -0.1) is 0 Å². The molecule has 1 N–H and O–H groups in total. The molecule has 0 aromatic carbocycles. The first kappa shape index (κ1) is 9.99. The van der Waals surface area contributed by atoms with Gasteiger partial charge in [0.2, 0.25) is 0 Å². The van der Waals surface area contributed by atoms with Crippen molar-refractivity contribution in [2.75, 3.05) is 13.2 Å². The van der Waals surface area contributed by atoms with Crippen LogP contribution in [0.25, 0.3) is 11.0 Å². The number of ether oxygens (including phenoxy) is 1. The lowest BCUT2D eigenvalue weighted by atomic mass is 10.0. The second-order valence-electron chi connectivity index (χ2n) is 4.46. The van der Waals surface area contributed by atoms with Crippen molar-refractivity contribution in [2.24, 2.45) is 0 Å². The quantitative estimate of drug-likeness (QED) is 0.771. The lowest BCUT2D eigenvalue weighted by Gasteiger charge is -2.24. The molecule has 1 fully saturated rings. The van der Waals surface area contributed by atoms with Gasteiger partial charge in [0.15, 0.2) is 4.77 Å². The summed E-state index contributed by atoms with van der Waals surface area (Å²) < 4.78 is 8.40. The molecule has 0 radical (unpaired) electrons. The fourth-order valence-electron chi connectivity index (χ4n) is 2.33. The van der Waals surface area contributed by atoms with Crippen molar-refractivity contribution in [3.63, 3.8) is 0 Å². The van der Waals surface area contributed by atoms with Crippen LogP contribution in [-0.2, 0) is 10.3 Å². The predicted molar refractivity (Wildman–Crippen MR) is 64.0 cm³/mol. The van der Waals surface area contributed by atoms with Gasteiger partial charge in [-0.1, -0.05) is 0 Å². The summed E-state index contributed by atoms with van der Waals surface area (Å²) in [5.41, 5.74) is 2.06. The Labute approximate surface area is 98.3 Å². The van der Waals surface area contributed by atoms with Crippen LogP contribution in [0.4, 0.5) is 0 Å². The van der Waals surface area contributed by atoms with E-state index in [0.29, 0.717) is 0 Å². The highest BCUT2D eigenvalue weighted by molar-refractivity contribution is 7.71. The lowest BCUT2D eigenvalue weighted by molar-refractivity contribution is 0.162. The summed E-state index contributed by atoms with van der Waals surface area (Å²) in [6.07, 6.45) is 4.60. The van der Waals surface area contributed by atoms with Crippen molar-refractivity contribution in [1.82, 2.24) is 14.5 Å². The largest absolute Gasteiger partial charge is 0.379 e. The van der Waals surface area contributed by atoms with E-state index in [1.165, 1.54) is 0 Å². The summed E-state index contributed by atoms with van der Waals surface area (Å²) in [6.45, 7) is 3.70. The van der Waals surface area contributed by atoms with Crippen LogP contribution in [0.3, 0.4) is 0 Å². The molecule has 3 heterocycles. The summed E-state index contributed by atoms with van der Waals surface area (Å²) in [4.78, 5) is 7.28. The van der Waals surface area contributed by atoms with Crippen molar-refractivity contribution >= 4 is 23.3 Å². The highest BCUT2D eigenvalue weighted by Gasteiger charge is 2.33. The number of hydrogen-bond donors (Lipinski definition) is 1. The second kappa shape index (κ2) is 3.40. The maximum Gasteiger partial charge on any atom is 0.178 e. The molecule has 0 aliphatic carbocycles. The van der Waals surface area contributed by atoms with E-state index < -0.39 is 0 Å². The molecule has 1 aliphatic heterocycles. The van der Waals surface area contributed by atoms with Crippen LogP contribution in [0.5, 0.6) is 0 Å². The number of pyridine rings is 1. The number of H-pyrrole nitrogens is 1. The molecule has 84 valence electrons. The average Bonchev–Trinajstić information content (AvgIpc) is 2.81. The van der Waals surface area contributed by atoms with E-state index in [4.69, 9.17) is 17.0 Å².